The van der Waals surface area contributed by atoms with Crippen LogP contribution in [0.25, 0.3) is 0 Å². The van der Waals surface area contributed by atoms with Crippen LogP contribution in [0, 0.1) is 0 Å². The Morgan fingerprint density at radius 1 is 1.36 bits per heavy atom. The Morgan fingerprint density at radius 3 is 2.72 bits per heavy atom. The molecule has 2 aromatic rings. The Morgan fingerprint density at radius 2 is 2.08 bits per heavy atom. The third kappa shape index (κ3) is 5.12. The lowest BCUT2D eigenvalue weighted by atomic mass is 10.1. The Hall–Kier alpha value is -2.23. The highest BCUT2D eigenvalue weighted by Gasteiger charge is 2.19. The second-order valence-corrected chi connectivity index (χ2v) is 7.45. The van der Waals surface area contributed by atoms with E-state index in [9.17, 15) is 13.2 Å². The van der Waals surface area contributed by atoms with Crippen molar-refractivity contribution in [2.45, 2.75) is 0 Å². The number of methoxy groups -OCH3 is 1. The van der Waals surface area contributed by atoms with Crippen LogP contribution in [0.5, 0.6) is 0 Å². The average molecular weight is 385 g/mol. The normalized spacial score (nSPS) is 11.2. The van der Waals surface area contributed by atoms with E-state index in [0.717, 1.165) is 6.26 Å². The Bertz CT molecular complexity index is 889. The number of anilines is 2. The van der Waals surface area contributed by atoms with Crippen molar-refractivity contribution in [1.82, 2.24) is 9.97 Å². The van der Waals surface area contributed by atoms with Gasteiger partial charge in [0.25, 0.3) is 0 Å². The molecule has 8 nitrogen and oxygen atoms in total. The van der Waals surface area contributed by atoms with Crippen LogP contribution >= 0.6 is 11.6 Å². The SMILES string of the molecule is COCN(C)c1cc(Cl)cnc1C(=O)c1ccnc(NS(C)(=O)=O)c1. The minimum atomic E-state index is -3.50. The molecule has 0 atom stereocenters. The molecule has 0 fully saturated rings. The first-order valence-corrected chi connectivity index (χ1v) is 9.32. The molecule has 0 saturated heterocycles. The first-order chi connectivity index (χ1) is 11.7. The summed E-state index contributed by atoms with van der Waals surface area (Å²) in [4.78, 5) is 22.5. The van der Waals surface area contributed by atoms with Gasteiger partial charge in [-0.05, 0) is 18.2 Å². The van der Waals surface area contributed by atoms with E-state index < -0.39 is 15.8 Å². The molecule has 0 bridgehead atoms. The van der Waals surface area contributed by atoms with Gasteiger partial charge in [-0.3, -0.25) is 9.52 Å². The summed E-state index contributed by atoms with van der Waals surface area (Å²) in [7, 11) is -0.238. The van der Waals surface area contributed by atoms with Gasteiger partial charge in [-0.2, -0.15) is 0 Å². The van der Waals surface area contributed by atoms with Gasteiger partial charge in [0.05, 0.1) is 17.0 Å². The van der Waals surface area contributed by atoms with Crippen LogP contribution in [0.15, 0.2) is 30.6 Å². The van der Waals surface area contributed by atoms with Crippen molar-refractivity contribution in [2.24, 2.45) is 0 Å². The number of ether oxygens (including phenoxy) is 1. The van der Waals surface area contributed by atoms with Crippen molar-refractivity contribution in [2.75, 3.05) is 36.8 Å². The lowest BCUT2D eigenvalue weighted by molar-refractivity contribution is 0.103. The number of rotatable bonds is 7. The minimum absolute atomic E-state index is 0.0501. The van der Waals surface area contributed by atoms with E-state index in [1.165, 1.54) is 31.6 Å². The van der Waals surface area contributed by atoms with Crippen LogP contribution in [0.1, 0.15) is 16.1 Å². The summed E-state index contributed by atoms with van der Waals surface area (Å²) in [6, 6.07) is 4.43. The third-order valence-corrected chi connectivity index (χ3v) is 3.88. The van der Waals surface area contributed by atoms with Crippen LogP contribution in [0.2, 0.25) is 5.02 Å². The van der Waals surface area contributed by atoms with E-state index in [4.69, 9.17) is 16.3 Å². The molecule has 2 heterocycles. The third-order valence-electron chi connectivity index (χ3n) is 3.10. The Kier molecular flexibility index (Phi) is 5.93. The van der Waals surface area contributed by atoms with Crippen LogP contribution in [-0.4, -0.2) is 51.3 Å². The Labute approximate surface area is 150 Å². The van der Waals surface area contributed by atoms with Crippen molar-refractivity contribution in [3.8, 4) is 0 Å². The number of halogens is 1. The maximum absolute atomic E-state index is 12.8. The fourth-order valence-electron chi connectivity index (χ4n) is 2.11. The summed E-state index contributed by atoms with van der Waals surface area (Å²) in [6.07, 6.45) is 3.72. The molecule has 10 heteroatoms. The predicted octanol–water partition coefficient (Wildman–Crippen LogP) is 1.77. The van der Waals surface area contributed by atoms with Gasteiger partial charge in [0, 0.05) is 32.1 Å². The van der Waals surface area contributed by atoms with E-state index in [0.29, 0.717) is 10.7 Å². The number of aromatic nitrogens is 2. The van der Waals surface area contributed by atoms with Crippen molar-refractivity contribution >= 4 is 38.9 Å². The number of nitrogens with one attached hydrogen (secondary N) is 1. The summed E-state index contributed by atoms with van der Waals surface area (Å²) in [5, 5.41) is 0.378. The number of carbonyl (C=O) groups excluding carboxylic acids is 1. The summed E-state index contributed by atoms with van der Waals surface area (Å²) in [5.41, 5.74) is 0.900. The molecule has 25 heavy (non-hydrogen) atoms. The number of carbonyl (C=O) groups is 1. The first-order valence-electron chi connectivity index (χ1n) is 7.05. The van der Waals surface area contributed by atoms with Crippen LogP contribution in [0.4, 0.5) is 11.5 Å². The van der Waals surface area contributed by atoms with Gasteiger partial charge in [0.2, 0.25) is 15.8 Å². The number of sulfonamides is 1. The summed E-state index contributed by atoms with van der Waals surface area (Å²) >= 11 is 5.98. The topological polar surface area (TPSA) is 101 Å². The second kappa shape index (κ2) is 7.77. The molecular formula is C15H17ClN4O4S. The molecular weight excluding hydrogens is 368 g/mol. The van der Waals surface area contributed by atoms with Gasteiger partial charge in [-0.1, -0.05) is 11.6 Å². The smallest absolute Gasteiger partial charge is 0.230 e. The Balaban J connectivity index is 2.43. The molecule has 0 aliphatic carbocycles. The van der Waals surface area contributed by atoms with Crippen LogP contribution in [0.3, 0.4) is 0 Å². The highest BCUT2D eigenvalue weighted by Crippen LogP contribution is 2.24. The van der Waals surface area contributed by atoms with Gasteiger partial charge in [-0.25, -0.2) is 18.4 Å². The van der Waals surface area contributed by atoms with Crippen LogP contribution < -0.4 is 9.62 Å². The molecule has 0 aliphatic heterocycles. The summed E-state index contributed by atoms with van der Waals surface area (Å²) in [5.74, 6) is -0.345. The molecule has 0 radical (unpaired) electrons. The second-order valence-electron chi connectivity index (χ2n) is 5.27. The average Bonchev–Trinajstić information content (AvgIpc) is 2.53. The number of hydrogen-bond acceptors (Lipinski definition) is 7. The molecule has 0 spiro atoms. The van der Waals surface area contributed by atoms with Gasteiger partial charge < -0.3 is 9.64 Å². The van der Waals surface area contributed by atoms with Crippen molar-refractivity contribution in [1.29, 1.82) is 0 Å². The van der Waals surface area contributed by atoms with Crippen molar-refractivity contribution in [3.63, 3.8) is 0 Å². The fraction of sp³-hybridized carbons (Fsp3) is 0.267. The molecule has 0 amide bonds. The lowest BCUT2D eigenvalue weighted by Gasteiger charge is -2.20. The minimum Gasteiger partial charge on any atom is -0.364 e. The van der Waals surface area contributed by atoms with Gasteiger partial charge >= 0.3 is 0 Å². The van der Waals surface area contributed by atoms with Crippen molar-refractivity contribution < 1.29 is 17.9 Å². The molecule has 0 aromatic carbocycles. The maximum atomic E-state index is 12.8. The summed E-state index contributed by atoms with van der Waals surface area (Å²) < 4.78 is 29.9. The quantitative estimate of drug-likeness (QED) is 0.573. The zero-order chi connectivity index (χ0) is 18.6. The number of pyridine rings is 2. The van der Waals surface area contributed by atoms with E-state index in [2.05, 4.69) is 14.7 Å². The van der Waals surface area contributed by atoms with E-state index in [1.807, 2.05) is 0 Å². The number of hydrogen-bond donors (Lipinski definition) is 1. The summed E-state index contributed by atoms with van der Waals surface area (Å²) in [6.45, 7) is 0.236. The van der Waals surface area contributed by atoms with Gasteiger partial charge in [-0.15, -0.1) is 0 Å². The van der Waals surface area contributed by atoms with Crippen molar-refractivity contribution in [3.05, 3.63) is 46.9 Å². The molecule has 0 unspecified atom stereocenters. The predicted molar refractivity (Wildman–Crippen MR) is 95.7 cm³/mol. The van der Waals surface area contributed by atoms with Gasteiger partial charge in [0.1, 0.15) is 18.2 Å². The fourth-order valence-corrected chi connectivity index (χ4v) is 2.76. The first kappa shape index (κ1) is 19.1. The largest absolute Gasteiger partial charge is 0.364 e. The number of nitrogens with zero attached hydrogens (tertiary/aromatic N) is 3. The van der Waals surface area contributed by atoms with E-state index in [-0.39, 0.29) is 23.8 Å². The molecule has 1 N–H and O–H groups in total. The van der Waals surface area contributed by atoms with E-state index >= 15 is 0 Å². The zero-order valence-electron chi connectivity index (χ0n) is 13.9. The maximum Gasteiger partial charge on any atom is 0.230 e. The molecule has 2 rings (SSSR count). The standard InChI is InChI=1S/C15H17ClN4O4S/c1-20(9-24-2)12-7-11(16)8-18-14(12)15(21)10-4-5-17-13(6-10)19-25(3,22)23/h4-8H,9H2,1-3H3,(H,17,19). The van der Waals surface area contributed by atoms with Crippen LogP contribution in [-0.2, 0) is 14.8 Å². The molecule has 134 valence electrons. The molecule has 0 aliphatic rings. The number of ketones is 1. The highest BCUT2D eigenvalue weighted by molar-refractivity contribution is 7.92. The molecule has 2 aromatic heterocycles. The van der Waals surface area contributed by atoms with E-state index in [1.54, 1.807) is 18.0 Å². The van der Waals surface area contributed by atoms with Gasteiger partial charge in [0.15, 0.2) is 0 Å². The lowest BCUT2D eigenvalue weighted by Crippen LogP contribution is -2.23. The monoisotopic (exact) mass is 384 g/mol. The zero-order valence-corrected chi connectivity index (χ0v) is 15.4. The highest BCUT2D eigenvalue weighted by atomic mass is 35.5. The molecule has 0 saturated carbocycles.